The van der Waals surface area contributed by atoms with Gasteiger partial charge in [-0.05, 0) is 18.9 Å². The van der Waals surface area contributed by atoms with Gasteiger partial charge in [0.25, 0.3) is 5.69 Å². The van der Waals surface area contributed by atoms with E-state index in [9.17, 15) is 28.1 Å². The van der Waals surface area contributed by atoms with E-state index in [2.05, 4.69) is 10.6 Å². The molecule has 30 heavy (non-hydrogen) atoms. The first kappa shape index (κ1) is 21.6. The average Bonchev–Trinajstić information content (AvgIpc) is 2.72. The summed E-state index contributed by atoms with van der Waals surface area (Å²) in [6.07, 6.45) is 0.0221. The van der Waals surface area contributed by atoms with E-state index in [1.54, 1.807) is 0 Å². The summed E-state index contributed by atoms with van der Waals surface area (Å²) in [5, 5.41) is 18.5. The molecule has 0 saturated heterocycles. The Labute approximate surface area is 171 Å². The van der Waals surface area contributed by atoms with Crippen LogP contribution < -0.4 is 5.32 Å². The number of carbonyl (C=O) groups is 1. The maximum atomic E-state index is 13.1. The largest absolute Gasteiger partial charge is 0.670 e. The molecule has 0 radical (unpaired) electrons. The Morgan fingerprint density at radius 3 is 2.47 bits per heavy atom. The van der Waals surface area contributed by atoms with E-state index in [1.807, 2.05) is 0 Å². The van der Waals surface area contributed by atoms with Crippen LogP contribution >= 0.6 is 0 Å². The van der Waals surface area contributed by atoms with Crippen LogP contribution in [-0.2, 0) is 11.0 Å². The zero-order chi connectivity index (χ0) is 21.7. The van der Waals surface area contributed by atoms with Crippen LogP contribution in [0.4, 0.5) is 24.5 Å². The van der Waals surface area contributed by atoms with Crippen LogP contribution in [0.2, 0.25) is 0 Å². The van der Waals surface area contributed by atoms with Crippen LogP contribution in [0, 0.1) is 10.1 Å². The highest BCUT2D eigenvalue weighted by Crippen LogP contribution is 2.39. The number of hydrogen-bond donors (Lipinski definition) is 1. The fourth-order valence-corrected chi connectivity index (χ4v) is 3.59. The van der Waals surface area contributed by atoms with Gasteiger partial charge in [-0.15, -0.1) is 5.69 Å². The number of carbonyl (C=O) groups excluding carboxylic acids is 1. The molecule has 1 aliphatic carbocycles. The van der Waals surface area contributed by atoms with Crippen molar-refractivity contribution in [2.45, 2.75) is 50.4 Å². The number of rotatable bonds is 6. The highest BCUT2D eigenvalue weighted by Gasteiger charge is 2.30. The number of nitrogens with zero attached hydrogens (tertiary/aromatic N) is 2. The highest BCUT2D eigenvalue weighted by molar-refractivity contribution is 5.89. The summed E-state index contributed by atoms with van der Waals surface area (Å²) in [7, 11) is 0. The Bertz CT molecular complexity index is 912. The van der Waals surface area contributed by atoms with Crippen molar-refractivity contribution in [3.63, 3.8) is 0 Å². The van der Waals surface area contributed by atoms with Crippen molar-refractivity contribution in [1.82, 2.24) is 5.32 Å². The van der Waals surface area contributed by atoms with Crippen LogP contribution in [0.1, 0.15) is 49.3 Å². The molecule has 0 aliphatic heterocycles. The van der Waals surface area contributed by atoms with Gasteiger partial charge in [-0.3, -0.25) is 14.9 Å². The summed E-state index contributed by atoms with van der Waals surface area (Å²) >= 11 is 0. The normalized spacial score (nSPS) is 16.0. The lowest BCUT2D eigenvalue weighted by Gasteiger charge is -2.34. The molecule has 2 aromatic carbocycles. The van der Waals surface area contributed by atoms with E-state index in [-0.39, 0.29) is 23.0 Å². The van der Waals surface area contributed by atoms with Gasteiger partial charge in [0.2, 0.25) is 5.91 Å². The molecule has 9 heteroatoms. The minimum atomic E-state index is -4.57. The van der Waals surface area contributed by atoms with Gasteiger partial charge < -0.3 is 10.6 Å². The van der Waals surface area contributed by atoms with E-state index in [0.29, 0.717) is 0 Å². The number of para-hydroxylation sites is 1. The number of alkyl halides is 3. The molecule has 1 amide bonds. The molecule has 2 aromatic rings. The van der Waals surface area contributed by atoms with Gasteiger partial charge in [-0.2, -0.15) is 13.2 Å². The lowest BCUT2D eigenvalue weighted by atomic mass is 9.94. The fourth-order valence-electron chi connectivity index (χ4n) is 3.59. The molecule has 3 rings (SSSR count). The monoisotopic (exact) mass is 420 g/mol. The molecule has 1 atom stereocenters. The van der Waals surface area contributed by atoms with Crippen LogP contribution in [0.3, 0.4) is 0 Å². The molecular weight excluding hydrogens is 399 g/mol. The predicted octanol–water partition coefficient (Wildman–Crippen LogP) is 5.81. The number of nitro benzene ring substituents is 1. The molecule has 6 nitrogen and oxygen atoms in total. The summed E-state index contributed by atoms with van der Waals surface area (Å²) in [5.74, 6) is -0.561. The number of nitrogens with one attached hydrogen (secondary N) is 1. The average molecular weight is 420 g/mol. The highest BCUT2D eigenvalue weighted by atomic mass is 19.4. The van der Waals surface area contributed by atoms with Gasteiger partial charge >= 0.3 is 6.18 Å². The van der Waals surface area contributed by atoms with Crippen molar-refractivity contribution >= 4 is 17.3 Å². The molecule has 1 N–H and O–H groups in total. The number of nitro groups is 1. The first-order valence-electron chi connectivity index (χ1n) is 9.67. The van der Waals surface area contributed by atoms with Gasteiger partial charge in [-0.25, -0.2) is 0 Å². The zero-order valence-electron chi connectivity index (χ0n) is 16.1. The third-order valence-electron chi connectivity index (χ3n) is 5.08. The first-order valence-corrected chi connectivity index (χ1v) is 9.67. The summed E-state index contributed by atoms with van der Waals surface area (Å²) in [6.45, 7) is 0. The zero-order valence-corrected chi connectivity index (χ0v) is 16.1. The fraction of sp³-hybridized carbons (Fsp3) is 0.381. The predicted molar refractivity (Wildman–Crippen MR) is 105 cm³/mol. The number of amides is 1. The van der Waals surface area contributed by atoms with E-state index in [1.165, 1.54) is 36.4 Å². The van der Waals surface area contributed by atoms with E-state index in [4.69, 9.17) is 0 Å². The molecular formula is C21H21F3N3O3-. The van der Waals surface area contributed by atoms with Crippen molar-refractivity contribution in [1.29, 1.82) is 0 Å². The number of benzene rings is 2. The van der Waals surface area contributed by atoms with Crippen molar-refractivity contribution in [3.8, 4) is 0 Å². The van der Waals surface area contributed by atoms with Crippen molar-refractivity contribution < 1.29 is 22.9 Å². The number of hydrogen-bond acceptors (Lipinski definition) is 3. The third kappa shape index (κ3) is 5.28. The van der Waals surface area contributed by atoms with Gasteiger partial charge in [0, 0.05) is 17.7 Å². The Morgan fingerprint density at radius 2 is 1.80 bits per heavy atom. The summed E-state index contributed by atoms with van der Waals surface area (Å²) < 4.78 is 39.2. The van der Waals surface area contributed by atoms with Gasteiger partial charge in [0.1, 0.15) is 0 Å². The van der Waals surface area contributed by atoms with E-state index < -0.39 is 28.6 Å². The first-order chi connectivity index (χ1) is 14.3. The van der Waals surface area contributed by atoms with Crippen molar-refractivity contribution in [2.75, 3.05) is 0 Å². The van der Waals surface area contributed by atoms with Gasteiger partial charge in [0.05, 0.1) is 10.5 Å². The minimum Gasteiger partial charge on any atom is -0.670 e. The van der Waals surface area contributed by atoms with E-state index in [0.717, 1.165) is 44.2 Å². The lowest BCUT2D eigenvalue weighted by Crippen LogP contribution is -2.39. The molecule has 160 valence electrons. The maximum absolute atomic E-state index is 13.1. The quantitative estimate of drug-likeness (QED) is 0.473. The standard InChI is InChI=1S/C21H21F3N3O3/c22-21(23,24)14-7-6-10-16(13-14)25-19(17-11-4-5-12-18(17)27(29)30)20(28)26-15-8-2-1-3-9-15/h4-7,10-13,15,19H,1-3,8-9H2,(H,26,28)/q-1. The second-order valence-corrected chi connectivity index (χ2v) is 7.24. The molecule has 0 bridgehead atoms. The smallest absolute Gasteiger partial charge is 0.416 e. The molecule has 1 fully saturated rings. The van der Waals surface area contributed by atoms with Gasteiger partial charge in [0.15, 0.2) is 0 Å². The Morgan fingerprint density at radius 1 is 1.10 bits per heavy atom. The minimum absolute atomic E-state index is 0.0354. The lowest BCUT2D eigenvalue weighted by molar-refractivity contribution is -0.385. The Kier molecular flexibility index (Phi) is 6.59. The SMILES string of the molecule is O=C(NC1CCCCC1)C([N-]c1cccc(C(F)(F)F)c1)c1ccccc1[N+](=O)[O-]. The molecule has 1 saturated carbocycles. The summed E-state index contributed by atoms with van der Waals surface area (Å²) in [4.78, 5) is 23.9. The Balaban J connectivity index is 1.94. The molecule has 1 unspecified atom stereocenters. The maximum Gasteiger partial charge on any atom is 0.416 e. The second kappa shape index (κ2) is 9.15. The van der Waals surface area contributed by atoms with Crippen LogP contribution in [0.25, 0.3) is 5.32 Å². The topological polar surface area (TPSA) is 86.3 Å². The van der Waals surface area contributed by atoms with Crippen LogP contribution in [-0.4, -0.2) is 16.9 Å². The molecule has 0 spiro atoms. The van der Waals surface area contributed by atoms with E-state index >= 15 is 0 Å². The van der Waals surface area contributed by atoms with Crippen LogP contribution in [0.15, 0.2) is 48.5 Å². The molecule has 1 aliphatic rings. The Hall–Kier alpha value is -3.10. The van der Waals surface area contributed by atoms with Crippen LogP contribution in [0.5, 0.6) is 0 Å². The second-order valence-electron chi connectivity index (χ2n) is 7.24. The number of halogens is 3. The van der Waals surface area contributed by atoms with Crippen molar-refractivity contribution in [3.05, 3.63) is 75.1 Å². The summed E-state index contributed by atoms with van der Waals surface area (Å²) in [5.41, 5.74) is -1.25. The third-order valence-corrected chi connectivity index (χ3v) is 5.08. The molecule has 0 heterocycles. The molecule has 0 aromatic heterocycles. The van der Waals surface area contributed by atoms with Crippen molar-refractivity contribution in [2.24, 2.45) is 0 Å². The van der Waals surface area contributed by atoms with Gasteiger partial charge in [-0.1, -0.05) is 61.7 Å². The summed E-state index contributed by atoms with van der Waals surface area (Å²) in [6, 6.07) is 8.49.